The van der Waals surface area contributed by atoms with Crippen molar-refractivity contribution in [1.29, 1.82) is 0 Å². The predicted octanol–water partition coefficient (Wildman–Crippen LogP) is 9.13. The van der Waals surface area contributed by atoms with E-state index in [4.69, 9.17) is 9.47 Å². The number of hydrogen-bond donors (Lipinski definition) is 2. The van der Waals surface area contributed by atoms with E-state index in [1.807, 2.05) is 36.4 Å². The number of benzene rings is 2. The van der Waals surface area contributed by atoms with Crippen molar-refractivity contribution in [3.63, 3.8) is 0 Å². The summed E-state index contributed by atoms with van der Waals surface area (Å²) in [6, 6.07) is 18.0. The highest BCUT2D eigenvalue weighted by molar-refractivity contribution is 5.89. The molecular weight excluding hydrogens is 733 g/mol. The van der Waals surface area contributed by atoms with Crippen molar-refractivity contribution in [1.82, 2.24) is 9.80 Å². The fraction of sp³-hybridized carbons (Fsp3) is 0.667. The van der Waals surface area contributed by atoms with Gasteiger partial charge in [0.25, 0.3) is 0 Å². The maximum atomic E-state index is 14.6. The molecule has 2 saturated carbocycles. The Bertz CT molecular complexity index is 1640. The van der Waals surface area contributed by atoms with Gasteiger partial charge in [-0.05, 0) is 113 Å². The monoisotopic (exact) mass is 800 g/mol. The van der Waals surface area contributed by atoms with E-state index in [-0.39, 0.29) is 48.1 Å². The van der Waals surface area contributed by atoms with E-state index in [0.717, 1.165) is 64.2 Å². The molecule has 2 aliphatic carbocycles. The van der Waals surface area contributed by atoms with E-state index >= 15 is 0 Å². The van der Waals surface area contributed by atoms with Gasteiger partial charge in [-0.25, -0.2) is 9.59 Å². The highest BCUT2D eigenvalue weighted by atomic mass is 16.5. The number of hydrogen-bond acceptors (Lipinski definition) is 8. The molecule has 0 aromatic heterocycles. The minimum Gasteiger partial charge on any atom is -0.481 e. The smallest absolute Gasteiger partial charge is 0.338 e. The van der Waals surface area contributed by atoms with Crippen LogP contribution in [-0.4, -0.2) is 92.3 Å². The lowest BCUT2D eigenvalue weighted by molar-refractivity contribution is -0.211. The fourth-order valence-electron chi connectivity index (χ4n) is 13.1. The van der Waals surface area contributed by atoms with Crippen molar-refractivity contribution >= 4 is 23.9 Å². The number of nitrogens with zero attached hydrogens (tertiary/aromatic N) is 2. The predicted molar refractivity (Wildman–Crippen MR) is 224 cm³/mol. The van der Waals surface area contributed by atoms with Crippen molar-refractivity contribution in [3.8, 4) is 0 Å². The Morgan fingerprint density at radius 2 is 1.02 bits per heavy atom. The highest BCUT2D eigenvalue weighted by Crippen LogP contribution is 2.65. The van der Waals surface area contributed by atoms with Gasteiger partial charge in [-0.15, -0.1) is 0 Å². The minimum atomic E-state index is -1.53. The molecule has 0 amide bonds. The molecule has 0 bridgehead atoms. The minimum absolute atomic E-state index is 0.120. The molecule has 2 heterocycles. The third kappa shape index (κ3) is 7.73. The highest BCUT2D eigenvalue weighted by Gasteiger charge is 2.69. The fourth-order valence-corrected chi connectivity index (χ4v) is 13.1. The molecule has 6 unspecified atom stereocenters. The molecule has 10 nitrogen and oxygen atoms in total. The molecule has 10 heteroatoms. The summed E-state index contributed by atoms with van der Waals surface area (Å²) in [5.74, 6) is -3.82. The van der Waals surface area contributed by atoms with Gasteiger partial charge in [0.1, 0.15) is 13.2 Å². The number of carboxylic acid groups (broad SMARTS) is 2. The molecule has 2 aromatic carbocycles. The van der Waals surface area contributed by atoms with E-state index in [1.54, 1.807) is 24.3 Å². The third-order valence-electron chi connectivity index (χ3n) is 16.3. The van der Waals surface area contributed by atoms with Crippen LogP contribution in [-0.2, 0) is 19.1 Å². The van der Waals surface area contributed by atoms with Gasteiger partial charge in [-0.2, -0.15) is 0 Å². The zero-order valence-electron chi connectivity index (χ0n) is 35.8. The number of piperidine rings is 2. The number of ether oxygens (including phenoxy) is 2. The van der Waals surface area contributed by atoms with Crippen LogP contribution in [0.5, 0.6) is 0 Å². The van der Waals surface area contributed by atoms with E-state index < -0.39 is 46.7 Å². The van der Waals surface area contributed by atoms with Gasteiger partial charge >= 0.3 is 23.9 Å². The first-order valence-corrected chi connectivity index (χ1v) is 22.1. The average molecular weight is 801 g/mol. The molecule has 58 heavy (non-hydrogen) atoms. The second-order valence-electron chi connectivity index (χ2n) is 18.7. The van der Waals surface area contributed by atoms with Gasteiger partial charge < -0.3 is 19.7 Å². The first-order chi connectivity index (χ1) is 27.6. The van der Waals surface area contributed by atoms with E-state index in [9.17, 15) is 29.4 Å². The number of esters is 2. The van der Waals surface area contributed by atoms with E-state index in [2.05, 4.69) is 51.3 Å². The number of carboxylic acids is 2. The summed E-state index contributed by atoms with van der Waals surface area (Å²) in [5.41, 5.74) is -2.14. The summed E-state index contributed by atoms with van der Waals surface area (Å²) in [6.45, 7) is 14.7. The first-order valence-electron chi connectivity index (χ1n) is 22.1. The van der Waals surface area contributed by atoms with Gasteiger partial charge in [0.2, 0.25) is 0 Å². The molecule has 4 aliphatic rings. The molecule has 2 saturated heterocycles. The summed E-state index contributed by atoms with van der Waals surface area (Å²) in [7, 11) is 0. The summed E-state index contributed by atoms with van der Waals surface area (Å²) < 4.78 is 11.8. The first kappa shape index (κ1) is 43.8. The number of carbonyl (C=O) groups excluding carboxylic acids is 2. The van der Waals surface area contributed by atoms with Crippen LogP contribution in [0, 0.1) is 29.1 Å². The Kier molecular flexibility index (Phi) is 13.2. The summed E-state index contributed by atoms with van der Waals surface area (Å²) in [5, 5.41) is 22.8. The lowest BCUT2D eigenvalue weighted by atomic mass is 9.46. The molecular formula is C48H68N2O8. The number of carbonyl (C=O) groups is 4. The van der Waals surface area contributed by atoms with Crippen LogP contribution in [0.3, 0.4) is 0 Å². The maximum absolute atomic E-state index is 14.6. The van der Waals surface area contributed by atoms with Gasteiger partial charge in [-0.1, -0.05) is 89.8 Å². The molecule has 6 rings (SSSR count). The van der Waals surface area contributed by atoms with Gasteiger partial charge in [0.15, 0.2) is 0 Å². The molecule has 6 atom stereocenters. The normalized spacial score (nSPS) is 30.5. The van der Waals surface area contributed by atoms with Crippen molar-refractivity contribution < 1.29 is 38.9 Å². The van der Waals surface area contributed by atoms with Crippen LogP contribution in [0.1, 0.15) is 146 Å². The lowest BCUT2D eigenvalue weighted by Gasteiger charge is -2.68. The Morgan fingerprint density at radius 3 is 1.33 bits per heavy atom. The largest absolute Gasteiger partial charge is 0.481 e. The summed E-state index contributed by atoms with van der Waals surface area (Å²) >= 11 is 0. The Hall–Kier alpha value is -3.76. The zero-order chi connectivity index (χ0) is 41.9. The topological polar surface area (TPSA) is 134 Å². The van der Waals surface area contributed by atoms with Crippen molar-refractivity contribution in [2.45, 2.75) is 147 Å². The quantitative estimate of drug-likeness (QED) is 0.168. The Morgan fingerprint density at radius 1 is 0.655 bits per heavy atom. The van der Waals surface area contributed by atoms with Gasteiger partial charge in [-0.3, -0.25) is 19.4 Å². The van der Waals surface area contributed by atoms with Crippen molar-refractivity contribution in [2.75, 3.05) is 26.3 Å². The molecule has 0 radical (unpaired) electrons. The number of rotatable bonds is 15. The second-order valence-corrected chi connectivity index (χ2v) is 18.7. The van der Waals surface area contributed by atoms with Crippen LogP contribution >= 0.6 is 0 Å². The van der Waals surface area contributed by atoms with Crippen LogP contribution in [0.4, 0.5) is 0 Å². The third-order valence-corrected chi connectivity index (χ3v) is 16.3. The Labute approximate surface area is 346 Å². The molecule has 2 aliphatic heterocycles. The molecule has 4 fully saturated rings. The summed E-state index contributed by atoms with van der Waals surface area (Å²) in [4.78, 5) is 59.0. The second kappa shape index (κ2) is 17.5. The van der Waals surface area contributed by atoms with Gasteiger partial charge in [0, 0.05) is 35.2 Å². The maximum Gasteiger partial charge on any atom is 0.338 e. The van der Waals surface area contributed by atoms with Crippen molar-refractivity contribution in [3.05, 3.63) is 71.8 Å². The Balaban J connectivity index is 1.37. The number of aliphatic carboxylic acids is 2. The molecule has 318 valence electrons. The van der Waals surface area contributed by atoms with E-state index in [1.165, 1.54) is 0 Å². The van der Waals surface area contributed by atoms with Crippen LogP contribution in [0.25, 0.3) is 0 Å². The average Bonchev–Trinajstić information content (AvgIpc) is 3.92. The molecule has 2 N–H and O–H groups in total. The van der Waals surface area contributed by atoms with Crippen molar-refractivity contribution in [2.24, 2.45) is 29.1 Å². The van der Waals surface area contributed by atoms with Crippen LogP contribution in [0.2, 0.25) is 0 Å². The SMILES string of the molecule is CCC1(C)CC(C(CC(=O)O)(C(=O)O)C2CC(C)(CC)N(CCOC(=O)c3ccccc3)C3(CCCC3)C2C)C(C)C2(CCCC2)N1CCOC(=O)c1ccccc1. The summed E-state index contributed by atoms with van der Waals surface area (Å²) in [6.07, 6.45) is 9.75. The lowest BCUT2D eigenvalue weighted by Crippen LogP contribution is -2.73. The number of likely N-dealkylation sites (tertiary alicyclic amines) is 2. The van der Waals surface area contributed by atoms with Crippen LogP contribution in [0.15, 0.2) is 60.7 Å². The molecule has 2 aromatic rings. The van der Waals surface area contributed by atoms with E-state index in [0.29, 0.717) is 37.1 Å². The zero-order valence-corrected chi connectivity index (χ0v) is 35.8. The van der Waals surface area contributed by atoms with Gasteiger partial charge in [0.05, 0.1) is 23.0 Å². The molecule has 2 spiro atoms. The van der Waals surface area contributed by atoms with Crippen LogP contribution < -0.4 is 0 Å². The standard InChI is InChI=1S/C48H68N2O8/c1-7-44(5)31-38(34(3)46(23-15-16-24-46)49(44)27-29-57-41(53)36-19-11-9-12-20-36)48(43(55)56,33-40(51)52)39-32-45(6,8-2)50(47(35(39)4)25-17-18-26-47)28-30-58-42(54)37-21-13-10-14-22-37/h9-14,19-22,34-35,38-39H,7-8,15-18,23-33H2,1-6H3,(H,51,52)(H,55,56).